The molecule has 1 saturated heterocycles. The maximum absolute atomic E-state index is 13.0. The van der Waals surface area contributed by atoms with Gasteiger partial charge in [0.15, 0.2) is 9.84 Å². The summed E-state index contributed by atoms with van der Waals surface area (Å²) in [5.41, 5.74) is 7.49. The molecule has 1 aliphatic heterocycles. The number of carbonyl (C=O) groups excluding carboxylic acids is 2. The number of halogens is 3. The normalized spacial score (nSPS) is 17.9. The number of piperidine rings is 1. The van der Waals surface area contributed by atoms with Gasteiger partial charge >= 0.3 is 6.18 Å². The van der Waals surface area contributed by atoms with Gasteiger partial charge in [0.05, 0.1) is 16.2 Å². The molecule has 7 nitrogen and oxygen atoms in total. The van der Waals surface area contributed by atoms with Crippen LogP contribution < -0.4 is 16.0 Å². The van der Waals surface area contributed by atoms with Crippen LogP contribution >= 0.6 is 0 Å². The van der Waals surface area contributed by atoms with E-state index in [1.54, 1.807) is 43.3 Å². The van der Waals surface area contributed by atoms with Crippen LogP contribution in [0.3, 0.4) is 0 Å². The average Bonchev–Trinajstić information content (AvgIpc) is 2.95. The number of nitrogens with one attached hydrogen (secondary N) is 1. The molecule has 3 N–H and O–H groups in total. The van der Waals surface area contributed by atoms with Gasteiger partial charge in [-0.1, -0.05) is 31.2 Å². The van der Waals surface area contributed by atoms with Gasteiger partial charge < -0.3 is 16.0 Å². The van der Waals surface area contributed by atoms with Crippen LogP contribution in [0.1, 0.15) is 52.7 Å². The highest BCUT2D eigenvalue weighted by Gasteiger charge is 2.34. The Morgan fingerprint density at radius 1 is 0.950 bits per heavy atom. The van der Waals surface area contributed by atoms with Gasteiger partial charge in [0.1, 0.15) is 6.04 Å². The molecule has 212 valence electrons. The fraction of sp³-hybridized carbons (Fsp3) is 0.310. The zero-order chi connectivity index (χ0) is 29.1. The molecule has 0 aliphatic carbocycles. The number of sulfone groups is 1. The van der Waals surface area contributed by atoms with E-state index in [4.69, 9.17) is 5.73 Å². The second kappa shape index (κ2) is 11.7. The highest BCUT2D eigenvalue weighted by atomic mass is 32.2. The largest absolute Gasteiger partial charge is 0.416 e. The van der Waals surface area contributed by atoms with Crippen molar-refractivity contribution in [3.8, 4) is 0 Å². The summed E-state index contributed by atoms with van der Waals surface area (Å²) in [6.45, 7) is 2.16. The van der Waals surface area contributed by atoms with Crippen molar-refractivity contribution in [2.24, 2.45) is 5.73 Å². The van der Waals surface area contributed by atoms with Gasteiger partial charge in [-0.05, 0) is 72.5 Å². The van der Waals surface area contributed by atoms with Crippen molar-refractivity contribution in [3.05, 3.63) is 95.1 Å². The minimum atomic E-state index is -4.41. The average molecular weight is 574 g/mol. The Kier molecular flexibility index (Phi) is 8.53. The van der Waals surface area contributed by atoms with E-state index < -0.39 is 33.5 Å². The van der Waals surface area contributed by atoms with Crippen LogP contribution in [0.25, 0.3) is 0 Å². The molecule has 0 unspecified atom stereocenters. The lowest BCUT2D eigenvalue weighted by Gasteiger charge is -2.40. The quantitative estimate of drug-likeness (QED) is 0.407. The summed E-state index contributed by atoms with van der Waals surface area (Å²) in [5.74, 6) is -0.915. The number of nitrogens with two attached hydrogens (primary N) is 1. The minimum Gasteiger partial charge on any atom is -0.368 e. The molecule has 11 heteroatoms. The van der Waals surface area contributed by atoms with Crippen LogP contribution in [-0.2, 0) is 27.4 Å². The monoisotopic (exact) mass is 573 g/mol. The number of carbonyl (C=O) groups is 2. The lowest BCUT2D eigenvalue weighted by molar-refractivity contribution is -0.137. The summed E-state index contributed by atoms with van der Waals surface area (Å²) in [7, 11) is -3.30. The molecule has 2 amide bonds. The number of amides is 2. The number of nitrogens with zero attached hydrogens (tertiary/aromatic N) is 1. The Labute approximate surface area is 231 Å². The first kappa shape index (κ1) is 29.1. The highest BCUT2D eigenvalue weighted by Crippen LogP contribution is 2.35. The third kappa shape index (κ3) is 6.64. The number of rotatable bonds is 8. The van der Waals surface area contributed by atoms with E-state index in [9.17, 15) is 31.2 Å². The number of benzene rings is 3. The van der Waals surface area contributed by atoms with Gasteiger partial charge in [-0.25, -0.2) is 8.42 Å². The third-order valence-corrected chi connectivity index (χ3v) is 8.95. The van der Waals surface area contributed by atoms with Gasteiger partial charge in [0.25, 0.3) is 5.91 Å². The van der Waals surface area contributed by atoms with Gasteiger partial charge in [-0.15, -0.1) is 0 Å². The van der Waals surface area contributed by atoms with E-state index in [1.165, 1.54) is 24.3 Å². The number of primary amides is 1. The summed E-state index contributed by atoms with van der Waals surface area (Å²) in [4.78, 5) is 27.0. The summed E-state index contributed by atoms with van der Waals surface area (Å²) in [5, 5.41) is 2.80. The fourth-order valence-electron chi connectivity index (χ4n) is 4.84. The van der Waals surface area contributed by atoms with Crippen LogP contribution in [0, 0.1) is 0 Å². The summed E-state index contributed by atoms with van der Waals surface area (Å²) in [6, 6.07) is 17.5. The van der Waals surface area contributed by atoms with Crippen LogP contribution in [0.2, 0.25) is 0 Å². The molecule has 0 radical (unpaired) electrons. The molecule has 40 heavy (non-hydrogen) atoms. The maximum Gasteiger partial charge on any atom is 0.416 e. The lowest BCUT2D eigenvalue weighted by atomic mass is 9.86. The van der Waals surface area contributed by atoms with Gasteiger partial charge in [-0.3, -0.25) is 9.59 Å². The molecule has 1 aliphatic rings. The Hall–Kier alpha value is -3.86. The Morgan fingerprint density at radius 2 is 1.57 bits per heavy atom. The topological polar surface area (TPSA) is 110 Å². The Morgan fingerprint density at radius 3 is 2.12 bits per heavy atom. The van der Waals surface area contributed by atoms with E-state index in [1.807, 2.05) is 4.90 Å². The highest BCUT2D eigenvalue weighted by molar-refractivity contribution is 7.91. The maximum atomic E-state index is 13.0. The number of alkyl halides is 3. The fourth-order valence-corrected chi connectivity index (χ4v) is 5.72. The predicted octanol–water partition coefficient (Wildman–Crippen LogP) is 4.67. The Balaban J connectivity index is 1.43. The van der Waals surface area contributed by atoms with Crippen LogP contribution in [0.15, 0.2) is 77.7 Å². The molecule has 0 aromatic heterocycles. The van der Waals surface area contributed by atoms with Crippen molar-refractivity contribution in [2.45, 2.75) is 49.3 Å². The lowest BCUT2D eigenvalue weighted by Crippen LogP contribution is -2.50. The van der Waals surface area contributed by atoms with Crippen LogP contribution in [0.5, 0.6) is 0 Å². The molecule has 0 spiro atoms. The summed E-state index contributed by atoms with van der Waals surface area (Å²) < 4.78 is 62.8. The zero-order valence-electron chi connectivity index (χ0n) is 21.8. The SMILES string of the molecule is CCS(=O)(=O)c1ccc(CNC(=O)c2ccc(N3C[C@H](c4ccc(C(F)(F)F)cc4)CC[C@H]3C(N)=O)cc2)cc1. The molecule has 0 saturated carbocycles. The molecule has 0 bridgehead atoms. The minimum absolute atomic E-state index is 0.00635. The van der Waals surface area contributed by atoms with Gasteiger partial charge in [-0.2, -0.15) is 13.2 Å². The van der Waals surface area contributed by atoms with E-state index in [0.29, 0.717) is 30.6 Å². The second-order valence-electron chi connectivity index (χ2n) is 9.74. The first-order chi connectivity index (χ1) is 18.9. The molecular weight excluding hydrogens is 543 g/mol. The van der Waals surface area contributed by atoms with Crippen LogP contribution in [-0.4, -0.2) is 38.6 Å². The number of hydrogen-bond acceptors (Lipinski definition) is 5. The van der Waals surface area contributed by atoms with Crippen molar-refractivity contribution in [1.82, 2.24) is 5.32 Å². The number of hydrogen-bond donors (Lipinski definition) is 2. The first-order valence-electron chi connectivity index (χ1n) is 12.8. The van der Waals surface area contributed by atoms with Crippen LogP contribution in [0.4, 0.5) is 18.9 Å². The molecule has 1 heterocycles. The third-order valence-electron chi connectivity index (χ3n) is 7.20. The summed E-state index contributed by atoms with van der Waals surface area (Å²) >= 11 is 0. The second-order valence-corrected chi connectivity index (χ2v) is 12.0. The standard InChI is InChI=1S/C29H30F3N3O4S/c1-2-40(38,39)25-14-3-19(4-15-25)17-34-28(37)21-7-12-24(13-8-21)35-18-22(9-16-26(35)27(33)36)20-5-10-23(11-6-20)29(30,31)32/h3-8,10-15,22,26H,2,9,16-18H2,1H3,(H2,33,36)(H,34,37)/t22-,26+/m1/s1. The van der Waals surface area contributed by atoms with Gasteiger partial charge in [0, 0.05) is 30.3 Å². The number of anilines is 1. The Bertz CT molecular complexity index is 1460. The molecule has 2 atom stereocenters. The van der Waals surface area contributed by atoms with E-state index in [0.717, 1.165) is 23.3 Å². The van der Waals surface area contributed by atoms with Crippen molar-refractivity contribution < 1.29 is 31.2 Å². The van der Waals surface area contributed by atoms with E-state index in [-0.39, 0.29) is 29.0 Å². The van der Waals surface area contributed by atoms with E-state index >= 15 is 0 Å². The van der Waals surface area contributed by atoms with Crippen molar-refractivity contribution >= 4 is 27.3 Å². The van der Waals surface area contributed by atoms with Gasteiger partial charge in [0.2, 0.25) is 5.91 Å². The molecule has 4 rings (SSSR count). The molecule has 3 aromatic rings. The summed E-state index contributed by atoms with van der Waals surface area (Å²) in [6.07, 6.45) is -3.37. The molecular formula is C29H30F3N3O4S. The van der Waals surface area contributed by atoms with Crippen molar-refractivity contribution in [3.63, 3.8) is 0 Å². The molecule has 1 fully saturated rings. The predicted molar refractivity (Wildman–Crippen MR) is 146 cm³/mol. The smallest absolute Gasteiger partial charge is 0.368 e. The zero-order valence-corrected chi connectivity index (χ0v) is 22.6. The van der Waals surface area contributed by atoms with E-state index in [2.05, 4.69) is 5.32 Å². The van der Waals surface area contributed by atoms with Crippen molar-refractivity contribution in [2.75, 3.05) is 17.2 Å². The first-order valence-corrected chi connectivity index (χ1v) is 14.5. The van der Waals surface area contributed by atoms with Crippen molar-refractivity contribution in [1.29, 1.82) is 0 Å². The molecule has 3 aromatic carbocycles.